The number of carbonyl (C=O) groups is 1. The topological polar surface area (TPSA) is 42.2 Å². The lowest BCUT2D eigenvalue weighted by Gasteiger charge is -2.11. The van der Waals surface area contributed by atoms with Crippen LogP contribution in [-0.2, 0) is 4.79 Å². The third kappa shape index (κ3) is 4.34. The molecule has 1 aromatic heterocycles. The van der Waals surface area contributed by atoms with Gasteiger partial charge in [0.25, 0.3) is 0 Å². The van der Waals surface area contributed by atoms with Crippen molar-refractivity contribution >= 4 is 12.0 Å². The Hall–Kier alpha value is -1.51. The maximum absolute atomic E-state index is 11.4. The number of furan rings is 1. The predicted molar refractivity (Wildman–Crippen MR) is 64.8 cm³/mol. The van der Waals surface area contributed by atoms with Crippen LogP contribution in [0.3, 0.4) is 0 Å². The van der Waals surface area contributed by atoms with Crippen molar-refractivity contribution in [2.24, 2.45) is 5.92 Å². The second-order valence-corrected chi connectivity index (χ2v) is 3.78. The van der Waals surface area contributed by atoms with E-state index in [1.807, 2.05) is 6.07 Å². The number of hydrogen-bond acceptors (Lipinski definition) is 2. The Bertz CT molecular complexity index is 324. The summed E-state index contributed by atoms with van der Waals surface area (Å²) >= 11 is 0. The Morgan fingerprint density at radius 2 is 2.25 bits per heavy atom. The summed E-state index contributed by atoms with van der Waals surface area (Å²) in [7, 11) is 0. The summed E-state index contributed by atoms with van der Waals surface area (Å²) in [6.45, 7) is 5.02. The van der Waals surface area contributed by atoms with E-state index in [9.17, 15) is 4.79 Å². The summed E-state index contributed by atoms with van der Waals surface area (Å²) < 4.78 is 5.09. The molecule has 0 fully saturated rings. The molecule has 1 amide bonds. The molecule has 16 heavy (non-hydrogen) atoms. The molecule has 1 rings (SSSR count). The maximum atomic E-state index is 11.4. The minimum Gasteiger partial charge on any atom is -0.465 e. The molecule has 0 aliphatic heterocycles. The van der Waals surface area contributed by atoms with Crippen LogP contribution in [0.2, 0.25) is 0 Å². The van der Waals surface area contributed by atoms with Crippen LogP contribution >= 0.6 is 0 Å². The minimum atomic E-state index is -0.0664. The van der Waals surface area contributed by atoms with Crippen LogP contribution < -0.4 is 5.32 Å². The lowest BCUT2D eigenvalue weighted by molar-refractivity contribution is -0.116. The zero-order valence-electron chi connectivity index (χ0n) is 9.90. The fourth-order valence-corrected chi connectivity index (χ4v) is 1.43. The molecular weight excluding hydrogens is 202 g/mol. The summed E-state index contributed by atoms with van der Waals surface area (Å²) in [5, 5.41) is 2.88. The highest BCUT2D eigenvalue weighted by Crippen LogP contribution is 2.05. The first-order valence-electron chi connectivity index (χ1n) is 5.75. The van der Waals surface area contributed by atoms with E-state index in [1.54, 1.807) is 18.4 Å². The summed E-state index contributed by atoms with van der Waals surface area (Å²) in [6, 6.07) is 3.60. The molecule has 0 bridgehead atoms. The highest BCUT2D eigenvalue weighted by molar-refractivity contribution is 5.91. The fourth-order valence-electron chi connectivity index (χ4n) is 1.43. The van der Waals surface area contributed by atoms with Gasteiger partial charge in [0, 0.05) is 12.6 Å². The zero-order chi connectivity index (χ0) is 11.8. The summed E-state index contributed by atoms with van der Waals surface area (Å²) in [6.07, 6.45) is 6.95. The van der Waals surface area contributed by atoms with Gasteiger partial charge in [0.05, 0.1) is 6.26 Å². The van der Waals surface area contributed by atoms with Gasteiger partial charge in [-0.05, 0) is 24.1 Å². The molecule has 0 unspecified atom stereocenters. The van der Waals surface area contributed by atoms with Crippen molar-refractivity contribution in [2.45, 2.75) is 26.7 Å². The average Bonchev–Trinajstić information content (AvgIpc) is 2.80. The van der Waals surface area contributed by atoms with Crippen molar-refractivity contribution in [2.75, 3.05) is 6.54 Å². The monoisotopic (exact) mass is 221 g/mol. The van der Waals surface area contributed by atoms with E-state index in [0.717, 1.165) is 19.4 Å². The summed E-state index contributed by atoms with van der Waals surface area (Å²) in [5.74, 6) is 1.20. The van der Waals surface area contributed by atoms with Gasteiger partial charge >= 0.3 is 0 Å². The van der Waals surface area contributed by atoms with E-state index in [0.29, 0.717) is 11.7 Å². The van der Waals surface area contributed by atoms with Gasteiger partial charge in [0.15, 0.2) is 0 Å². The van der Waals surface area contributed by atoms with Crippen LogP contribution in [0.1, 0.15) is 32.4 Å². The molecule has 0 aromatic carbocycles. The molecule has 1 aromatic rings. The second kappa shape index (κ2) is 6.88. The number of carbonyl (C=O) groups excluding carboxylic acids is 1. The van der Waals surface area contributed by atoms with Crippen molar-refractivity contribution in [3.63, 3.8) is 0 Å². The molecule has 1 N–H and O–H groups in total. The highest BCUT2D eigenvalue weighted by atomic mass is 16.3. The van der Waals surface area contributed by atoms with E-state index in [-0.39, 0.29) is 5.91 Å². The lowest BCUT2D eigenvalue weighted by Crippen LogP contribution is -2.27. The molecule has 1 heterocycles. The van der Waals surface area contributed by atoms with E-state index in [1.165, 1.54) is 6.08 Å². The SMILES string of the molecule is CCC(CC)CNC(=O)C=Cc1ccco1. The molecule has 0 spiro atoms. The van der Waals surface area contributed by atoms with E-state index < -0.39 is 0 Å². The third-order valence-corrected chi connectivity index (χ3v) is 2.66. The number of nitrogens with one attached hydrogen (secondary N) is 1. The van der Waals surface area contributed by atoms with Gasteiger partial charge in [-0.1, -0.05) is 26.7 Å². The Kier molecular flexibility index (Phi) is 5.40. The van der Waals surface area contributed by atoms with Gasteiger partial charge in [0.2, 0.25) is 5.91 Å². The number of amides is 1. The van der Waals surface area contributed by atoms with Crippen molar-refractivity contribution in [3.05, 3.63) is 30.2 Å². The van der Waals surface area contributed by atoms with Crippen LogP contribution in [0.5, 0.6) is 0 Å². The number of rotatable bonds is 6. The van der Waals surface area contributed by atoms with Gasteiger partial charge in [-0.15, -0.1) is 0 Å². The molecule has 0 atom stereocenters. The van der Waals surface area contributed by atoms with Gasteiger partial charge in [0.1, 0.15) is 5.76 Å². The molecule has 0 radical (unpaired) electrons. The van der Waals surface area contributed by atoms with Crippen LogP contribution in [0.4, 0.5) is 0 Å². The third-order valence-electron chi connectivity index (χ3n) is 2.66. The minimum absolute atomic E-state index is 0.0664. The van der Waals surface area contributed by atoms with Crippen molar-refractivity contribution in [1.29, 1.82) is 0 Å². The largest absolute Gasteiger partial charge is 0.465 e. The lowest BCUT2D eigenvalue weighted by atomic mass is 10.0. The van der Waals surface area contributed by atoms with Crippen LogP contribution in [-0.4, -0.2) is 12.5 Å². The smallest absolute Gasteiger partial charge is 0.244 e. The maximum Gasteiger partial charge on any atom is 0.244 e. The van der Waals surface area contributed by atoms with Gasteiger partial charge < -0.3 is 9.73 Å². The van der Waals surface area contributed by atoms with Crippen LogP contribution in [0.15, 0.2) is 28.9 Å². The normalized spacial score (nSPS) is 11.2. The quantitative estimate of drug-likeness (QED) is 0.750. The molecule has 3 nitrogen and oxygen atoms in total. The van der Waals surface area contributed by atoms with Crippen LogP contribution in [0.25, 0.3) is 6.08 Å². The van der Waals surface area contributed by atoms with Gasteiger partial charge in [-0.2, -0.15) is 0 Å². The van der Waals surface area contributed by atoms with Gasteiger partial charge in [-0.25, -0.2) is 0 Å². The second-order valence-electron chi connectivity index (χ2n) is 3.78. The first-order valence-corrected chi connectivity index (χ1v) is 5.75. The van der Waals surface area contributed by atoms with Crippen molar-refractivity contribution < 1.29 is 9.21 Å². The standard InChI is InChI=1S/C13H19NO2/c1-3-11(4-2)10-14-13(15)8-7-12-6-5-9-16-12/h5-9,11H,3-4,10H2,1-2H3,(H,14,15). The molecule has 0 aliphatic rings. The molecule has 88 valence electrons. The van der Waals surface area contributed by atoms with E-state index in [4.69, 9.17) is 4.42 Å². The average molecular weight is 221 g/mol. The van der Waals surface area contributed by atoms with Crippen molar-refractivity contribution in [1.82, 2.24) is 5.32 Å². The molecule has 0 saturated heterocycles. The Morgan fingerprint density at radius 3 is 2.81 bits per heavy atom. The predicted octanol–water partition coefficient (Wildman–Crippen LogP) is 2.85. The van der Waals surface area contributed by atoms with E-state index in [2.05, 4.69) is 19.2 Å². The highest BCUT2D eigenvalue weighted by Gasteiger charge is 2.04. The van der Waals surface area contributed by atoms with Crippen molar-refractivity contribution in [3.8, 4) is 0 Å². The Morgan fingerprint density at radius 1 is 1.50 bits per heavy atom. The fraction of sp³-hybridized carbons (Fsp3) is 0.462. The Balaban J connectivity index is 2.31. The zero-order valence-corrected chi connectivity index (χ0v) is 9.90. The first kappa shape index (κ1) is 12.6. The van der Waals surface area contributed by atoms with Gasteiger partial charge in [-0.3, -0.25) is 4.79 Å². The molecular formula is C13H19NO2. The molecule has 0 saturated carbocycles. The van der Waals surface area contributed by atoms with E-state index >= 15 is 0 Å². The Labute approximate surface area is 96.5 Å². The molecule has 0 aliphatic carbocycles. The number of hydrogen-bond donors (Lipinski definition) is 1. The van der Waals surface area contributed by atoms with Crippen LogP contribution in [0, 0.1) is 5.92 Å². The molecule has 3 heteroatoms. The first-order chi connectivity index (χ1) is 7.76. The summed E-state index contributed by atoms with van der Waals surface area (Å²) in [4.78, 5) is 11.4. The summed E-state index contributed by atoms with van der Waals surface area (Å²) in [5.41, 5.74) is 0.